The SMILES string of the molecule is COC(=O)/C=C1\C[C@@H]2CC(=O)O[C@H](/C=C/C#C/C=C(\C)CC(=O)OC)[C@H](C)/C=C/[C@@H](C)C[C@@H]3CCC[C@H](C[C@H](C1)O2)O3. The fraction of sp³-hybridized carbons (Fsp3) is 0.618. The fourth-order valence-electron chi connectivity index (χ4n) is 5.64. The number of ether oxygens (including phenoxy) is 5. The Morgan fingerprint density at radius 2 is 1.67 bits per heavy atom. The second-order valence-corrected chi connectivity index (χ2v) is 11.7. The zero-order chi connectivity index (χ0) is 30.5. The van der Waals surface area contributed by atoms with E-state index in [4.69, 9.17) is 18.9 Å². The molecule has 0 saturated carbocycles. The standard InChI is InChI=1S/C34H46O8/c1-23(17-32(35)38-4)10-7-6-8-13-31-25(3)15-14-24(2)16-27-11-9-12-28(40-27)21-29-18-26(20-33(36)39-5)19-30(41-29)22-34(37)42-31/h8,10,13-15,20,24-25,27-31H,9,11-12,16-19,21-22H2,1-5H3/b13-8+,15-14+,23-10+,26-20-/t24-,25-,27+,28-,29+,30-,31-/m1/s1. The van der Waals surface area contributed by atoms with Crippen molar-refractivity contribution in [1.82, 2.24) is 0 Å². The number of allylic oxidation sites excluding steroid dienone is 3. The topological polar surface area (TPSA) is 97.4 Å². The van der Waals surface area contributed by atoms with Crippen molar-refractivity contribution in [1.29, 1.82) is 0 Å². The molecule has 0 amide bonds. The van der Waals surface area contributed by atoms with Crippen LogP contribution in [0.5, 0.6) is 0 Å². The summed E-state index contributed by atoms with van der Waals surface area (Å²) in [6.07, 6.45) is 16.3. The predicted molar refractivity (Wildman–Crippen MR) is 159 cm³/mol. The summed E-state index contributed by atoms with van der Waals surface area (Å²) in [7, 11) is 2.71. The van der Waals surface area contributed by atoms with Gasteiger partial charge in [-0.25, -0.2) is 4.79 Å². The van der Waals surface area contributed by atoms with E-state index in [-0.39, 0.29) is 49.0 Å². The zero-order valence-electron chi connectivity index (χ0n) is 25.6. The zero-order valence-corrected chi connectivity index (χ0v) is 25.6. The largest absolute Gasteiger partial charge is 0.469 e. The van der Waals surface area contributed by atoms with Crippen LogP contribution in [0.1, 0.15) is 78.6 Å². The molecule has 0 aromatic carbocycles. The molecule has 3 aliphatic rings. The first-order chi connectivity index (χ1) is 20.1. The number of methoxy groups -OCH3 is 2. The molecule has 0 spiro atoms. The van der Waals surface area contributed by atoms with E-state index < -0.39 is 18.2 Å². The van der Waals surface area contributed by atoms with E-state index in [2.05, 4.69) is 35.7 Å². The van der Waals surface area contributed by atoms with E-state index in [0.717, 1.165) is 43.3 Å². The van der Waals surface area contributed by atoms with Gasteiger partial charge in [-0.05, 0) is 69.6 Å². The van der Waals surface area contributed by atoms with Crippen molar-refractivity contribution >= 4 is 17.9 Å². The molecule has 0 aromatic rings. The maximum atomic E-state index is 13.2. The Labute approximate surface area is 250 Å². The summed E-state index contributed by atoms with van der Waals surface area (Å²) in [5.74, 6) is 4.98. The van der Waals surface area contributed by atoms with Crippen LogP contribution in [0.15, 0.2) is 47.6 Å². The molecule has 3 rings (SSSR count). The lowest BCUT2D eigenvalue weighted by Crippen LogP contribution is -2.37. The van der Waals surface area contributed by atoms with Crippen molar-refractivity contribution in [2.24, 2.45) is 11.8 Å². The van der Waals surface area contributed by atoms with Crippen molar-refractivity contribution in [2.45, 2.75) is 109 Å². The Balaban J connectivity index is 1.81. The highest BCUT2D eigenvalue weighted by molar-refractivity contribution is 5.82. The number of carbonyl (C=O) groups is 3. The molecular weight excluding hydrogens is 536 g/mol. The number of cyclic esters (lactones) is 1. The fourth-order valence-corrected chi connectivity index (χ4v) is 5.64. The normalized spacial score (nSPS) is 32.8. The van der Waals surface area contributed by atoms with E-state index in [1.165, 1.54) is 20.3 Å². The summed E-state index contributed by atoms with van der Waals surface area (Å²) >= 11 is 0. The minimum absolute atomic E-state index is 0.0709. The molecule has 42 heavy (non-hydrogen) atoms. The van der Waals surface area contributed by atoms with Gasteiger partial charge in [-0.2, -0.15) is 0 Å². The van der Waals surface area contributed by atoms with Crippen LogP contribution in [0.2, 0.25) is 0 Å². The van der Waals surface area contributed by atoms with Crippen molar-refractivity contribution in [3.05, 3.63) is 47.6 Å². The number of fused-ring (bicyclic) bond motifs is 4. The summed E-state index contributed by atoms with van der Waals surface area (Å²) in [5, 5.41) is 0. The number of rotatable bonds is 4. The molecule has 0 unspecified atom stereocenters. The summed E-state index contributed by atoms with van der Waals surface area (Å²) in [6.45, 7) is 6.01. The van der Waals surface area contributed by atoms with Crippen LogP contribution in [-0.2, 0) is 38.1 Å². The molecule has 7 atom stereocenters. The summed E-state index contributed by atoms with van der Waals surface area (Å²) in [6, 6.07) is 0. The van der Waals surface area contributed by atoms with Gasteiger partial charge in [0.2, 0.25) is 0 Å². The van der Waals surface area contributed by atoms with Gasteiger partial charge < -0.3 is 23.7 Å². The lowest BCUT2D eigenvalue weighted by Gasteiger charge is -2.37. The average Bonchev–Trinajstić information content (AvgIpc) is 2.94. The van der Waals surface area contributed by atoms with E-state index in [1.54, 1.807) is 18.2 Å². The molecule has 2 saturated heterocycles. The third-order valence-corrected chi connectivity index (χ3v) is 7.83. The Hall–Kier alpha value is -3.15. The predicted octanol–water partition coefficient (Wildman–Crippen LogP) is 5.56. The highest BCUT2D eigenvalue weighted by atomic mass is 16.6. The van der Waals surface area contributed by atoms with Crippen LogP contribution >= 0.6 is 0 Å². The summed E-state index contributed by atoms with van der Waals surface area (Å²) in [5.41, 5.74) is 1.71. The van der Waals surface area contributed by atoms with Crippen LogP contribution in [-0.4, -0.2) is 62.6 Å². The Morgan fingerprint density at radius 3 is 2.40 bits per heavy atom. The molecule has 230 valence electrons. The van der Waals surface area contributed by atoms with Crippen LogP contribution in [0, 0.1) is 23.7 Å². The monoisotopic (exact) mass is 582 g/mol. The van der Waals surface area contributed by atoms with Crippen molar-refractivity contribution in [3.63, 3.8) is 0 Å². The van der Waals surface area contributed by atoms with Crippen molar-refractivity contribution in [3.8, 4) is 11.8 Å². The van der Waals surface area contributed by atoms with Gasteiger partial charge in [-0.1, -0.05) is 49.0 Å². The highest BCUT2D eigenvalue weighted by Crippen LogP contribution is 2.33. The van der Waals surface area contributed by atoms with Gasteiger partial charge in [0, 0.05) is 18.4 Å². The van der Waals surface area contributed by atoms with Crippen molar-refractivity contribution in [2.75, 3.05) is 14.2 Å². The van der Waals surface area contributed by atoms with Gasteiger partial charge in [0.15, 0.2) is 0 Å². The third kappa shape index (κ3) is 11.6. The molecule has 0 aliphatic carbocycles. The molecule has 8 heteroatoms. The maximum absolute atomic E-state index is 13.2. The number of hydrogen-bond acceptors (Lipinski definition) is 8. The van der Waals surface area contributed by atoms with Crippen LogP contribution < -0.4 is 0 Å². The summed E-state index contributed by atoms with van der Waals surface area (Å²) < 4.78 is 28.4. The Morgan fingerprint density at radius 1 is 0.952 bits per heavy atom. The van der Waals surface area contributed by atoms with E-state index in [0.29, 0.717) is 18.8 Å². The Bertz CT molecular complexity index is 1120. The lowest BCUT2D eigenvalue weighted by molar-refractivity contribution is -0.154. The first-order valence-electron chi connectivity index (χ1n) is 15.0. The van der Waals surface area contributed by atoms with Gasteiger partial charge in [0.25, 0.3) is 0 Å². The van der Waals surface area contributed by atoms with Crippen LogP contribution in [0.4, 0.5) is 0 Å². The average molecular weight is 583 g/mol. The number of hydrogen-bond donors (Lipinski definition) is 0. The van der Waals surface area contributed by atoms with E-state index >= 15 is 0 Å². The van der Waals surface area contributed by atoms with Gasteiger partial charge in [-0.15, -0.1) is 0 Å². The molecule has 2 fully saturated rings. The van der Waals surface area contributed by atoms with Gasteiger partial charge in [0.1, 0.15) is 6.10 Å². The second kappa shape index (κ2) is 17.1. The maximum Gasteiger partial charge on any atom is 0.330 e. The van der Waals surface area contributed by atoms with E-state index in [1.807, 2.05) is 13.8 Å². The number of carbonyl (C=O) groups excluding carboxylic acids is 3. The van der Waals surface area contributed by atoms with Gasteiger partial charge in [-0.3, -0.25) is 9.59 Å². The first-order valence-corrected chi connectivity index (χ1v) is 15.0. The lowest BCUT2D eigenvalue weighted by atomic mass is 9.89. The molecular formula is C34H46O8. The molecule has 0 radical (unpaired) electrons. The Kier molecular flexibility index (Phi) is 13.6. The third-order valence-electron chi connectivity index (χ3n) is 7.83. The molecule has 3 aliphatic heterocycles. The minimum Gasteiger partial charge on any atom is -0.469 e. The van der Waals surface area contributed by atoms with Gasteiger partial charge in [0.05, 0.1) is 51.5 Å². The molecule has 8 nitrogen and oxygen atoms in total. The van der Waals surface area contributed by atoms with Gasteiger partial charge >= 0.3 is 17.9 Å². The quantitative estimate of drug-likeness (QED) is 0.140. The molecule has 0 aromatic heterocycles. The molecule has 0 N–H and O–H groups in total. The highest BCUT2D eigenvalue weighted by Gasteiger charge is 2.33. The van der Waals surface area contributed by atoms with Crippen molar-refractivity contribution < 1.29 is 38.1 Å². The second-order valence-electron chi connectivity index (χ2n) is 11.7. The molecule has 3 heterocycles. The summed E-state index contributed by atoms with van der Waals surface area (Å²) in [4.78, 5) is 36.6. The van der Waals surface area contributed by atoms with Crippen LogP contribution in [0.3, 0.4) is 0 Å². The molecule has 4 bridgehead atoms. The minimum atomic E-state index is -0.525. The first kappa shape index (κ1) is 33.4. The van der Waals surface area contributed by atoms with Crippen LogP contribution in [0.25, 0.3) is 0 Å². The number of esters is 3. The smallest absolute Gasteiger partial charge is 0.330 e. The van der Waals surface area contributed by atoms with E-state index in [9.17, 15) is 14.4 Å².